The van der Waals surface area contributed by atoms with Crippen LogP contribution < -0.4 is 0 Å². The molecule has 21 heavy (non-hydrogen) atoms. The zero-order valence-electron chi connectivity index (χ0n) is 12.5. The number of amides is 2. The van der Waals surface area contributed by atoms with Gasteiger partial charge in [0.05, 0.1) is 25.4 Å². The van der Waals surface area contributed by atoms with Gasteiger partial charge in [-0.25, -0.2) is 4.79 Å². The van der Waals surface area contributed by atoms with Gasteiger partial charge in [-0.2, -0.15) is 0 Å². The lowest BCUT2D eigenvalue weighted by molar-refractivity contribution is -0.177. The second kappa shape index (κ2) is 7.94. The van der Waals surface area contributed by atoms with E-state index >= 15 is 0 Å². The molecule has 1 saturated heterocycles. The number of carbonyl (C=O) groups excluding carboxylic acids is 3. The summed E-state index contributed by atoms with van der Waals surface area (Å²) in [6, 6.07) is 0. The van der Waals surface area contributed by atoms with Gasteiger partial charge in [-0.05, 0) is 13.8 Å². The maximum atomic E-state index is 11.4. The third-order valence-corrected chi connectivity index (χ3v) is 2.88. The average Bonchev–Trinajstić information content (AvgIpc) is 2.70. The van der Waals surface area contributed by atoms with Crippen LogP contribution in [0.2, 0.25) is 0 Å². The number of hydroxylamine groups is 2. The van der Waals surface area contributed by atoms with Gasteiger partial charge < -0.3 is 14.2 Å². The van der Waals surface area contributed by atoms with Crippen molar-refractivity contribution in [1.29, 1.82) is 0 Å². The molecule has 0 aromatic carbocycles. The summed E-state index contributed by atoms with van der Waals surface area (Å²) in [5, 5.41) is 0.447. The number of imide groups is 1. The third-order valence-electron chi connectivity index (χ3n) is 2.88. The number of nitrogens with zero attached hydrogens (tertiary/aromatic N) is 1. The summed E-state index contributed by atoms with van der Waals surface area (Å²) in [5.41, 5.74) is -0.488. The van der Waals surface area contributed by atoms with Crippen molar-refractivity contribution in [3.8, 4) is 0 Å². The van der Waals surface area contributed by atoms with E-state index in [0.29, 0.717) is 24.7 Å². The minimum atomic E-state index is -1.08. The van der Waals surface area contributed by atoms with E-state index in [1.165, 1.54) is 0 Å². The Kier molecular flexibility index (Phi) is 6.57. The Morgan fingerprint density at radius 2 is 1.76 bits per heavy atom. The number of methoxy groups -OCH3 is 1. The molecule has 1 heterocycles. The van der Waals surface area contributed by atoms with Gasteiger partial charge in [-0.3, -0.25) is 14.4 Å². The Hall–Kier alpha value is -1.67. The molecule has 0 spiro atoms. The first-order valence-electron chi connectivity index (χ1n) is 6.69. The van der Waals surface area contributed by atoms with E-state index in [9.17, 15) is 14.4 Å². The Morgan fingerprint density at radius 3 is 2.33 bits per heavy atom. The Morgan fingerprint density at radius 1 is 1.14 bits per heavy atom. The molecule has 8 nitrogen and oxygen atoms in total. The average molecular weight is 303 g/mol. The summed E-state index contributed by atoms with van der Waals surface area (Å²) in [6.45, 7) is 4.67. The van der Waals surface area contributed by atoms with Crippen LogP contribution in [0.15, 0.2) is 0 Å². The molecule has 2 amide bonds. The molecule has 8 heteroatoms. The van der Waals surface area contributed by atoms with Crippen LogP contribution in [0.25, 0.3) is 0 Å². The van der Waals surface area contributed by atoms with Crippen LogP contribution in [0.1, 0.15) is 33.1 Å². The summed E-state index contributed by atoms with van der Waals surface area (Å²) in [4.78, 5) is 38.4. The first-order valence-corrected chi connectivity index (χ1v) is 6.69. The van der Waals surface area contributed by atoms with Crippen molar-refractivity contribution in [2.45, 2.75) is 38.7 Å². The highest BCUT2D eigenvalue weighted by atomic mass is 16.8. The summed E-state index contributed by atoms with van der Waals surface area (Å²) in [6.07, 6.45) is -0.543. The molecule has 0 aliphatic carbocycles. The summed E-state index contributed by atoms with van der Waals surface area (Å²) < 4.78 is 15.2. The third kappa shape index (κ3) is 6.09. The highest BCUT2D eigenvalue weighted by Crippen LogP contribution is 2.15. The molecule has 0 N–H and O–H groups in total. The smallest absolute Gasteiger partial charge is 0.433 e. The lowest BCUT2D eigenvalue weighted by atomic mass is 10.1. The predicted octanol–water partition coefficient (Wildman–Crippen LogP) is 1.04. The molecule has 1 aliphatic heterocycles. The van der Waals surface area contributed by atoms with Gasteiger partial charge in [0.25, 0.3) is 11.8 Å². The monoisotopic (exact) mass is 303 g/mol. The lowest BCUT2D eigenvalue weighted by Gasteiger charge is -2.24. The largest absolute Gasteiger partial charge is 0.533 e. The van der Waals surface area contributed by atoms with Gasteiger partial charge in [0.15, 0.2) is 0 Å². The molecule has 1 aliphatic rings. The first-order chi connectivity index (χ1) is 9.85. The predicted molar refractivity (Wildman–Crippen MR) is 70.0 cm³/mol. The van der Waals surface area contributed by atoms with Crippen molar-refractivity contribution in [1.82, 2.24) is 5.06 Å². The van der Waals surface area contributed by atoms with Crippen molar-refractivity contribution in [2.75, 3.05) is 26.9 Å². The van der Waals surface area contributed by atoms with Gasteiger partial charge in [0, 0.05) is 26.4 Å². The molecular formula is C13H21NO7. The minimum Gasteiger partial charge on any atom is -0.433 e. The van der Waals surface area contributed by atoms with Crippen LogP contribution in [0, 0.1) is 0 Å². The molecule has 0 unspecified atom stereocenters. The zero-order valence-corrected chi connectivity index (χ0v) is 12.5. The molecular weight excluding hydrogens is 282 g/mol. The van der Waals surface area contributed by atoms with Crippen molar-refractivity contribution in [3.05, 3.63) is 0 Å². The minimum absolute atomic E-state index is 0.0481. The van der Waals surface area contributed by atoms with Crippen molar-refractivity contribution < 1.29 is 33.4 Å². The highest BCUT2D eigenvalue weighted by Gasteiger charge is 2.33. The van der Waals surface area contributed by atoms with E-state index in [1.807, 2.05) is 13.8 Å². The molecule has 1 rings (SSSR count). The van der Waals surface area contributed by atoms with E-state index in [0.717, 1.165) is 0 Å². The van der Waals surface area contributed by atoms with E-state index in [2.05, 4.69) is 4.84 Å². The van der Waals surface area contributed by atoms with E-state index in [-0.39, 0.29) is 19.4 Å². The van der Waals surface area contributed by atoms with Crippen LogP contribution in [-0.4, -0.2) is 55.6 Å². The fraction of sp³-hybridized carbons (Fsp3) is 0.769. The van der Waals surface area contributed by atoms with Crippen LogP contribution in [0.3, 0.4) is 0 Å². The Labute approximate surface area is 123 Å². The quantitative estimate of drug-likeness (QED) is 0.376. The molecule has 120 valence electrons. The van der Waals surface area contributed by atoms with Gasteiger partial charge in [-0.15, -0.1) is 0 Å². The molecule has 0 aromatic rings. The number of hydrogen-bond donors (Lipinski definition) is 0. The summed E-state index contributed by atoms with van der Waals surface area (Å²) in [5.74, 6) is -1.08. The van der Waals surface area contributed by atoms with Crippen molar-refractivity contribution in [2.24, 2.45) is 0 Å². The van der Waals surface area contributed by atoms with Gasteiger partial charge >= 0.3 is 6.16 Å². The van der Waals surface area contributed by atoms with Gasteiger partial charge in [0.2, 0.25) is 0 Å². The maximum Gasteiger partial charge on any atom is 0.533 e. The van der Waals surface area contributed by atoms with E-state index < -0.39 is 23.6 Å². The summed E-state index contributed by atoms with van der Waals surface area (Å²) in [7, 11) is 1.58. The van der Waals surface area contributed by atoms with Crippen molar-refractivity contribution in [3.63, 3.8) is 0 Å². The van der Waals surface area contributed by atoms with Crippen LogP contribution in [-0.2, 0) is 28.6 Å². The molecule has 0 radical (unpaired) electrons. The highest BCUT2D eigenvalue weighted by molar-refractivity contribution is 6.01. The fourth-order valence-electron chi connectivity index (χ4n) is 1.61. The number of carbonyl (C=O) groups is 3. The topological polar surface area (TPSA) is 91.4 Å². The normalized spacial score (nSPS) is 15.5. The van der Waals surface area contributed by atoms with Crippen LogP contribution in [0.4, 0.5) is 4.79 Å². The number of hydrogen-bond acceptors (Lipinski definition) is 7. The first kappa shape index (κ1) is 17.4. The fourth-order valence-corrected chi connectivity index (χ4v) is 1.61. The molecule has 0 bridgehead atoms. The maximum absolute atomic E-state index is 11.4. The summed E-state index contributed by atoms with van der Waals surface area (Å²) >= 11 is 0. The molecule has 0 saturated carbocycles. The second-order valence-electron chi connectivity index (χ2n) is 5.12. The van der Waals surface area contributed by atoms with Crippen LogP contribution in [0.5, 0.6) is 0 Å². The molecule has 0 aromatic heterocycles. The van der Waals surface area contributed by atoms with Gasteiger partial charge in [0.1, 0.15) is 0 Å². The second-order valence-corrected chi connectivity index (χ2v) is 5.12. The zero-order chi connectivity index (χ0) is 15.9. The van der Waals surface area contributed by atoms with Gasteiger partial charge in [-0.1, -0.05) is 5.06 Å². The number of rotatable bonds is 8. The van der Waals surface area contributed by atoms with E-state index in [4.69, 9.17) is 14.2 Å². The standard InChI is InChI=1S/C13H21NO7/c1-13(2,20-9-8-18-3)6-7-19-12(17)21-14-10(15)4-5-11(14)16/h4-9H2,1-3H3. The Bertz CT molecular complexity index is 378. The molecule has 1 fully saturated rings. The lowest BCUT2D eigenvalue weighted by Crippen LogP contribution is -2.33. The Balaban J connectivity index is 2.24. The number of ether oxygens (including phenoxy) is 3. The molecule has 0 atom stereocenters. The van der Waals surface area contributed by atoms with Crippen molar-refractivity contribution >= 4 is 18.0 Å². The SMILES string of the molecule is COCCOC(C)(C)CCOC(=O)ON1C(=O)CCC1=O. The van der Waals surface area contributed by atoms with E-state index in [1.54, 1.807) is 7.11 Å². The van der Waals surface area contributed by atoms with Crippen LogP contribution >= 0.6 is 0 Å².